The van der Waals surface area contributed by atoms with E-state index in [2.05, 4.69) is 0 Å². The number of ketones is 1. The Morgan fingerprint density at radius 1 is 0.621 bits per heavy atom. The van der Waals surface area contributed by atoms with E-state index in [1.165, 1.54) is 63.8 Å². The third-order valence-corrected chi connectivity index (χ3v) is 20.3. The number of halogens is 3. The zero-order valence-electron chi connectivity index (χ0n) is 59.1. The van der Waals surface area contributed by atoms with Crippen LogP contribution in [0.15, 0.2) is 151 Å². The summed E-state index contributed by atoms with van der Waals surface area (Å²) in [6.45, 7) is 15.6. The lowest BCUT2D eigenvalue weighted by atomic mass is 9.44. The molecular weight excluding hydrogens is 1400 g/mol. The molecule has 27 heteroatoms. The fraction of sp³-hybridized carbons (Fsp3) is 0.474. The summed E-state index contributed by atoms with van der Waals surface area (Å²) < 4.78 is 79.2. The third-order valence-electron chi connectivity index (χ3n) is 19.9. The molecule has 5 aromatic carbocycles. The first-order valence-corrected chi connectivity index (χ1v) is 34.7. The number of aliphatic hydroxyl groups is 1. The Hall–Kier alpha value is -8.49. The zero-order valence-corrected chi connectivity index (χ0v) is 61.4. The molecule has 3 aliphatic heterocycles. The van der Waals surface area contributed by atoms with Crippen LogP contribution in [0.2, 0.25) is 0 Å². The highest BCUT2D eigenvalue weighted by Crippen LogP contribution is 2.65. The van der Waals surface area contributed by atoms with Crippen LogP contribution >= 0.6 is 34.8 Å². The van der Waals surface area contributed by atoms with Gasteiger partial charge in [0.25, 0.3) is 0 Å². The van der Waals surface area contributed by atoms with Crippen molar-refractivity contribution >= 4 is 82.8 Å². The number of hydrogen-bond acceptors (Lipinski definition) is 22. The number of ether oxygens (including phenoxy) is 13. The number of Topliss-reactive ketones (excluding diaryl/α,β-unsaturated/α-hetero) is 1. The van der Waals surface area contributed by atoms with Crippen LogP contribution in [0.4, 0.5) is 14.4 Å². The zero-order chi connectivity index (χ0) is 74.7. The highest BCUT2D eigenvalue weighted by Gasteiger charge is 2.79. The number of amides is 2. The summed E-state index contributed by atoms with van der Waals surface area (Å²) >= 11 is 18.3. The van der Waals surface area contributed by atoms with Gasteiger partial charge in [-0.3, -0.25) is 19.4 Å². The molecule has 2 unspecified atom stereocenters. The quantitative estimate of drug-likeness (QED) is 0.0441. The highest BCUT2D eigenvalue weighted by molar-refractivity contribution is 6.67. The number of nitrogens with zero attached hydrogens (tertiary/aromatic N) is 2. The number of methoxy groups -OCH3 is 2. The molecule has 0 radical (unpaired) electrons. The second-order valence-corrected chi connectivity index (χ2v) is 31.6. The summed E-state index contributed by atoms with van der Waals surface area (Å²) in [6.07, 6.45) is -20.2. The van der Waals surface area contributed by atoms with E-state index in [9.17, 15) is 19.5 Å². The van der Waals surface area contributed by atoms with Gasteiger partial charge in [-0.15, -0.1) is 0 Å². The number of alkyl halides is 3. The fourth-order valence-corrected chi connectivity index (χ4v) is 15.4. The number of esters is 4. The van der Waals surface area contributed by atoms with Crippen molar-refractivity contribution in [1.29, 1.82) is 0 Å². The third kappa shape index (κ3) is 14.7. The molecule has 550 valence electrons. The number of rotatable bonds is 15. The van der Waals surface area contributed by atoms with Crippen molar-refractivity contribution in [2.45, 2.75) is 182 Å². The van der Waals surface area contributed by atoms with Gasteiger partial charge in [0.15, 0.2) is 42.2 Å². The number of benzene rings is 5. The van der Waals surface area contributed by atoms with Gasteiger partial charge >= 0.3 is 42.2 Å². The van der Waals surface area contributed by atoms with E-state index in [0.29, 0.717) is 33.8 Å². The second kappa shape index (κ2) is 28.9. The molecule has 2 amide bonds. The molecule has 3 heterocycles. The number of hydrogen-bond donors (Lipinski definition) is 1. The highest BCUT2D eigenvalue weighted by atomic mass is 35.6. The van der Waals surface area contributed by atoms with Crippen LogP contribution in [-0.2, 0) is 71.3 Å². The Bertz CT molecular complexity index is 4050. The lowest BCUT2D eigenvalue weighted by Crippen LogP contribution is -2.82. The topological polar surface area (TPSA) is 283 Å². The predicted octanol–water partition coefficient (Wildman–Crippen LogP) is 12.9. The first-order valence-electron chi connectivity index (χ1n) is 33.5. The largest absolute Gasteiger partial charge is 0.508 e. The molecule has 5 aromatic rings. The van der Waals surface area contributed by atoms with Gasteiger partial charge in [0.1, 0.15) is 71.4 Å². The maximum absolute atomic E-state index is 17.6. The van der Waals surface area contributed by atoms with Gasteiger partial charge in [0, 0.05) is 36.3 Å². The summed E-state index contributed by atoms with van der Waals surface area (Å²) in [7, 11) is 2.96. The molecule has 2 saturated carbocycles. The molecule has 15 atom stereocenters. The average molecular weight is 1480 g/mol. The van der Waals surface area contributed by atoms with E-state index in [0.717, 1.165) is 6.92 Å². The first-order chi connectivity index (χ1) is 48.4. The number of fused-ring (bicyclic) bond motifs is 5. The van der Waals surface area contributed by atoms with Crippen molar-refractivity contribution in [3.8, 4) is 11.5 Å². The molecule has 1 N–H and O–H groups in total. The van der Waals surface area contributed by atoms with E-state index >= 15 is 24.0 Å². The van der Waals surface area contributed by atoms with Crippen LogP contribution in [0.5, 0.6) is 11.5 Å². The molecule has 2 bridgehead atoms. The van der Waals surface area contributed by atoms with Gasteiger partial charge < -0.3 is 66.7 Å². The fourth-order valence-electron chi connectivity index (χ4n) is 15.2. The molecule has 5 fully saturated rings. The van der Waals surface area contributed by atoms with E-state index in [1.807, 2.05) is 0 Å². The minimum Gasteiger partial charge on any atom is -0.497 e. The van der Waals surface area contributed by atoms with Gasteiger partial charge in [-0.2, -0.15) is 0 Å². The Labute approximate surface area is 611 Å². The first kappa shape index (κ1) is 75.7. The van der Waals surface area contributed by atoms with Gasteiger partial charge in [0.2, 0.25) is 3.79 Å². The summed E-state index contributed by atoms with van der Waals surface area (Å²) in [6, 6.07) is 34.9. The molecule has 103 heavy (non-hydrogen) atoms. The van der Waals surface area contributed by atoms with Crippen LogP contribution in [-0.4, -0.2) is 159 Å². The van der Waals surface area contributed by atoms with Crippen LogP contribution < -0.4 is 9.47 Å². The summed E-state index contributed by atoms with van der Waals surface area (Å²) in [5.41, 5.74) is -10.3. The molecule has 3 aliphatic carbocycles. The van der Waals surface area contributed by atoms with Gasteiger partial charge in [-0.05, 0) is 114 Å². The van der Waals surface area contributed by atoms with Gasteiger partial charge in [-0.25, -0.2) is 28.8 Å². The van der Waals surface area contributed by atoms with E-state index in [1.54, 1.807) is 169 Å². The minimum absolute atomic E-state index is 0.00248. The van der Waals surface area contributed by atoms with Crippen LogP contribution in [0, 0.1) is 16.7 Å². The number of carbonyl (C=O) groups is 8. The SMILES string of the molecule is COc1ccc(C2O[C@H](C(=O)O[C@H]3C(=O)[C@]4(C)[C@@H](OC(=O)OCC(Cl)(Cl)Cl)C[C@H]5OC[C@@]5(OC(C)=O)[C@H]4[C@H](OC(=O)c4ccccc4)[C@]4(O)C[C@H](OC(=O)[C@@H]5OC(c6ccc(OC)cc6)N(C(=O)OC(C)(C)C)[C@H]5c5ccccc5)C(C)=C3C4(C)C)[C@@H](c3ccccc3)N2C(=O)OC(C)(C)C)cc1. The predicted molar refractivity (Wildman–Crippen MR) is 369 cm³/mol. The van der Waals surface area contributed by atoms with Crippen molar-refractivity contribution in [2.75, 3.05) is 27.4 Å². The summed E-state index contributed by atoms with van der Waals surface area (Å²) in [4.78, 5) is 126. The maximum atomic E-state index is 17.6. The Morgan fingerprint density at radius 2 is 1.09 bits per heavy atom. The molecular formula is C76H83Cl3N2O22. The van der Waals surface area contributed by atoms with Gasteiger partial charge in [-0.1, -0.05) is 152 Å². The van der Waals surface area contributed by atoms with Crippen LogP contribution in [0.25, 0.3) is 0 Å². The van der Waals surface area contributed by atoms with Crippen molar-refractivity contribution in [1.82, 2.24) is 9.80 Å². The average Bonchev–Trinajstić information content (AvgIpc) is 1.10. The van der Waals surface area contributed by atoms with Crippen molar-refractivity contribution in [3.63, 3.8) is 0 Å². The van der Waals surface area contributed by atoms with E-state index in [4.69, 9.17) is 96.4 Å². The van der Waals surface area contributed by atoms with E-state index in [-0.39, 0.29) is 16.7 Å². The van der Waals surface area contributed by atoms with Crippen LogP contribution in [0.1, 0.15) is 146 Å². The molecule has 3 saturated heterocycles. The minimum atomic E-state index is -2.73. The molecule has 0 aromatic heterocycles. The lowest BCUT2D eigenvalue weighted by molar-refractivity contribution is -0.346. The lowest BCUT2D eigenvalue weighted by Gasteiger charge is -2.67. The van der Waals surface area contributed by atoms with E-state index < -0.39 is 184 Å². The van der Waals surface area contributed by atoms with Crippen molar-refractivity contribution < 1.29 is 105 Å². The van der Waals surface area contributed by atoms with Crippen molar-refractivity contribution in [3.05, 3.63) is 178 Å². The van der Waals surface area contributed by atoms with Crippen molar-refractivity contribution in [2.24, 2.45) is 16.7 Å². The second-order valence-electron chi connectivity index (χ2n) is 29.1. The normalized spacial score (nSPS) is 29.4. The summed E-state index contributed by atoms with van der Waals surface area (Å²) in [5, 5.41) is 14.9. The molecule has 0 spiro atoms. The number of carbonyl (C=O) groups excluding carboxylic acids is 8. The molecule has 11 rings (SSSR count). The Balaban J connectivity index is 1.14. The standard InChI is InChI=1S/C76H83Cl3N2O22/c1-41-50(95-65(85)57-54(43-23-17-14-18-24-43)80(67(87)102-70(3,4)5)62(97-57)45-29-33-48(91-12)34-30-45)38-75(90)61(100-64(84)47-27-21-16-22-28-47)59-73(11,51(96-69(89)94-40-76(77,78)79)37-52-74(59,39-93-52)101-42(2)82)60(83)56(53(41)72(75,9)10)99-66(86)58-55(44-25-19-15-20-26-44)81(68(88)103-71(6,7)8)63(98-58)46-31-35-49(92-13)36-32-46/h14-36,50-52,54-59,61-63,90H,37-40H2,1-13H3/t50-,51-,52+,54-,55+,56+,57+,58-,59-,61-,62?,63?,73+,74-,75+/m0/s1. The Morgan fingerprint density at radius 3 is 1.51 bits per heavy atom. The van der Waals surface area contributed by atoms with Gasteiger partial charge in [0.05, 0.1) is 37.7 Å². The maximum Gasteiger partial charge on any atom is 0.508 e. The molecule has 24 nitrogen and oxygen atoms in total. The molecule has 6 aliphatic rings. The van der Waals surface area contributed by atoms with Crippen LogP contribution in [0.3, 0.4) is 0 Å². The monoisotopic (exact) mass is 1480 g/mol. The summed E-state index contributed by atoms with van der Waals surface area (Å²) in [5.74, 6) is -6.52. The smallest absolute Gasteiger partial charge is 0.497 e. The Kier molecular flexibility index (Phi) is 21.2.